The summed E-state index contributed by atoms with van der Waals surface area (Å²) < 4.78 is 16.2. The highest BCUT2D eigenvalue weighted by Crippen LogP contribution is 2.33. The van der Waals surface area contributed by atoms with E-state index >= 15 is 0 Å². The Kier molecular flexibility index (Phi) is 7.02. The molecule has 4 rings (SSSR count). The second kappa shape index (κ2) is 10.1. The number of benzene rings is 1. The molecule has 1 aliphatic heterocycles. The average molecular weight is 440 g/mol. The molecule has 0 atom stereocenters. The van der Waals surface area contributed by atoms with Crippen molar-refractivity contribution < 1.29 is 23.8 Å². The van der Waals surface area contributed by atoms with Gasteiger partial charge in [0.1, 0.15) is 23.6 Å². The van der Waals surface area contributed by atoms with E-state index in [0.29, 0.717) is 39.1 Å². The Morgan fingerprint density at radius 3 is 2.75 bits per heavy atom. The van der Waals surface area contributed by atoms with Crippen LogP contribution in [0, 0.1) is 5.92 Å². The number of carbonyl (C=O) groups is 1. The summed E-state index contributed by atoms with van der Waals surface area (Å²) in [7, 11) is 3.33. The zero-order valence-electron chi connectivity index (χ0n) is 18.5. The number of ether oxygens (including phenoxy) is 2. The van der Waals surface area contributed by atoms with Crippen molar-refractivity contribution >= 4 is 22.8 Å². The fraction of sp³-hybridized carbons (Fsp3) is 0.458. The molecule has 1 fully saturated rings. The topological polar surface area (TPSA) is 97.9 Å². The molecule has 8 nitrogen and oxygen atoms in total. The quantitative estimate of drug-likeness (QED) is 0.501. The Morgan fingerprint density at radius 2 is 2.03 bits per heavy atom. The molecule has 0 amide bonds. The fourth-order valence-electron chi connectivity index (χ4n) is 4.15. The number of aromatic nitrogens is 2. The largest absolute Gasteiger partial charge is 0.481 e. The molecule has 1 N–H and O–H groups in total. The summed E-state index contributed by atoms with van der Waals surface area (Å²) in [5, 5.41) is 10.3. The zero-order chi connectivity index (χ0) is 22.5. The Morgan fingerprint density at radius 1 is 1.22 bits per heavy atom. The molecule has 32 heavy (non-hydrogen) atoms. The molecular formula is C24H29N3O5. The fourth-order valence-corrected chi connectivity index (χ4v) is 4.15. The summed E-state index contributed by atoms with van der Waals surface area (Å²) in [5.41, 5.74) is 3.46. The predicted molar refractivity (Wildman–Crippen MR) is 121 cm³/mol. The first-order chi connectivity index (χ1) is 15.6. The average Bonchev–Trinajstić information content (AvgIpc) is 3.21. The van der Waals surface area contributed by atoms with Crippen LogP contribution >= 0.6 is 0 Å². The summed E-state index contributed by atoms with van der Waals surface area (Å²) in [5.74, 6) is 0.564. The van der Waals surface area contributed by atoms with E-state index in [1.807, 2.05) is 24.4 Å². The lowest BCUT2D eigenvalue weighted by Crippen LogP contribution is -2.37. The number of aliphatic carboxylic acids is 1. The lowest BCUT2D eigenvalue weighted by Gasteiger charge is -2.32. The standard InChI is InChI=1S/C24H29N3O5/c1-30-11-3-4-19-14-25-22(23(26-19)27-9-7-16(8-10-27)24(28)29)17-5-6-21-18(12-17)13-20(32-21)15-31-2/h5-6,12-14,16H,3-4,7-11,15H2,1-2H3,(H,28,29). The van der Waals surface area contributed by atoms with Gasteiger partial charge in [-0.2, -0.15) is 0 Å². The van der Waals surface area contributed by atoms with Crippen molar-refractivity contribution in [3.05, 3.63) is 41.9 Å². The van der Waals surface area contributed by atoms with Crippen molar-refractivity contribution in [1.82, 2.24) is 9.97 Å². The Bertz CT molecular complexity index is 1070. The Labute approximate surface area is 187 Å². The van der Waals surface area contributed by atoms with E-state index in [2.05, 4.69) is 11.0 Å². The molecule has 0 bridgehead atoms. The molecule has 0 aliphatic carbocycles. The van der Waals surface area contributed by atoms with E-state index in [-0.39, 0.29) is 5.92 Å². The van der Waals surface area contributed by atoms with Crippen molar-refractivity contribution in [2.24, 2.45) is 5.92 Å². The SMILES string of the molecule is COCCCc1cnc(-c2ccc3oc(COC)cc3c2)c(N2CCC(C(=O)O)CC2)n1. The molecule has 3 aromatic rings. The van der Waals surface area contributed by atoms with Gasteiger partial charge in [0.05, 0.1) is 11.6 Å². The second-order valence-corrected chi connectivity index (χ2v) is 8.13. The minimum atomic E-state index is -0.721. The maximum Gasteiger partial charge on any atom is 0.306 e. The summed E-state index contributed by atoms with van der Waals surface area (Å²) in [6.45, 7) is 2.38. The normalized spacial score (nSPS) is 14.9. The van der Waals surface area contributed by atoms with Crippen LogP contribution in [-0.4, -0.2) is 55.0 Å². The van der Waals surface area contributed by atoms with Gasteiger partial charge in [0.2, 0.25) is 0 Å². The summed E-state index contributed by atoms with van der Waals surface area (Å²) in [6, 6.07) is 7.97. The lowest BCUT2D eigenvalue weighted by atomic mass is 9.96. The lowest BCUT2D eigenvalue weighted by molar-refractivity contribution is -0.142. The minimum Gasteiger partial charge on any atom is -0.481 e. The third-order valence-corrected chi connectivity index (χ3v) is 5.86. The van der Waals surface area contributed by atoms with Gasteiger partial charge >= 0.3 is 5.97 Å². The number of carboxylic acid groups (broad SMARTS) is 1. The molecular weight excluding hydrogens is 410 g/mol. The monoisotopic (exact) mass is 439 g/mol. The van der Waals surface area contributed by atoms with Crippen molar-refractivity contribution in [2.45, 2.75) is 32.3 Å². The van der Waals surface area contributed by atoms with Crippen LogP contribution in [-0.2, 0) is 27.3 Å². The molecule has 0 unspecified atom stereocenters. The van der Waals surface area contributed by atoms with Crippen LogP contribution in [0.25, 0.3) is 22.2 Å². The molecule has 1 aliphatic rings. The highest BCUT2D eigenvalue weighted by atomic mass is 16.5. The molecule has 1 aromatic carbocycles. The molecule has 0 saturated carbocycles. The number of hydrogen-bond donors (Lipinski definition) is 1. The van der Waals surface area contributed by atoms with E-state index in [1.54, 1.807) is 14.2 Å². The van der Waals surface area contributed by atoms with Gasteiger partial charge in [0.25, 0.3) is 0 Å². The van der Waals surface area contributed by atoms with Crippen LogP contribution < -0.4 is 4.90 Å². The number of piperidine rings is 1. The smallest absolute Gasteiger partial charge is 0.306 e. The first-order valence-electron chi connectivity index (χ1n) is 10.9. The number of furan rings is 1. The molecule has 1 saturated heterocycles. The van der Waals surface area contributed by atoms with Crippen molar-refractivity contribution in [2.75, 3.05) is 38.8 Å². The van der Waals surface area contributed by atoms with Crippen molar-refractivity contribution in [3.63, 3.8) is 0 Å². The first kappa shape index (κ1) is 22.2. The highest BCUT2D eigenvalue weighted by Gasteiger charge is 2.27. The third kappa shape index (κ3) is 4.92. The van der Waals surface area contributed by atoms with Crippen LogP contribution in [0.3, 0.4) is 0 Å². The van der Waals surface area contributed by atoms with Gasteiger partial charge in [-0.05, 0) is 49.9 Å². The number of aryl methyl sites for hydroxylation is 1. The van der Waals surface area contributed by atoms with E-state index < -0.39 is 5.97 Å². The number of fused-ring (bicyclic) bond motifs is 1. The Balaban J connectivity index is 1.67. The van der Waals surface area contributed by atoms with Crippen LogP contribution in [0.2, 0.25) is 0 Å². The van der Waals surface area contributed by atoms with Gasteiger partial charge in [-0.15, -0.1) is 0 Å². The van der Waals surface area contributed by atoms with Gasteiger partial charge in [-0.25, -0.2) is 4.98 Å². The van der Waals surface area contributed by atoms with Gasteiger partial charge in [-0.3, -0.25) is 9.78 Å². The summed E-state index contributed by atoms with van der Waals surface area (Å²) in [6.07, 6.45) is 4.68. The van der Waals surface area contributed by atoms with Crippen LogP contribution in [0.4, 0.5) is 5.82 Å². The van der Waals surface area contributed by atoms with Crippen LogP contribution in [0.15, 0.2) is 34.9 Å². The van der Waals surface area contributed by atoms with Crippen LogP contribution in [0.5, 0.6) is 0 Å². The molecule has 2 aromatic heterocycles. The number of hydrogen-bond acceptors (Lipinski definition) is 7. The molecule has 3 heterocycles. The van der Waals surface area contributed by atoms with E-state index in [0.717, 1.165) is 52.3 Å². The first-order valence-corrected chi connectivity index (χ1v) is 10.9. The number of carboxylic acids is 1. The third-order valence-electron chi connectivity index (χ3n) is 5.86. The second-order valence-electron chi connectivity index (χ2n) is 8.13. The van der Waals surface area contributed by atoms with Gasteiger partial charge in [0, 0.05) is 51.1 Å². The maximum absolute atomic E-state index is 11.4. The zero-order valence-corrected chi connectivity index (χ0v) is 18.5. The summed E-state index contributed by atoms with van der Waals surface area (Å²) >= 11 is 0. The number of rotatable bonds is 9. The highest BCUT2D eigenvalue weighted by molar-refractivity contribution is 5.85. The Hall–Kier alpha value is -2.97. The van der Waals surface area contributed by atoms with Gasteiger partial charge < -0.3 is 23.9 Å². The number of anilines is 1. The molecule has 8 heteroatoms. The maximum atomic E-state index is 11.4. The number of methoxy groups -OCH3 is 2. The molecule has 0 radical (unpaired) electrons. The van der Waals surface area contributed by atoms with Gasteiger partial charge in [0.15, 0.2) is 5.82 Å². The molecule has 0 spiro atoms. The van der Waals surface area contributed by atoms with Crippen molar-refractivity contribution in [3.8, 4) is 11.3 Å². The van der Waals surface area contributed by atoms with Crippen molar-refractivity contribution in [1.29, 1.82) is 0 Å². The molecule has 170 valence electrons. The number of nitrogens with zero attached hydrogens (tertiary/aromatic N) is 3. The van der Waals surface area contributed by atoms with Gasteiger partial charge in [-0.1, -0.05) is 0 Å². The summed E-state index contributed by atoms with van der Waals surface area (Å²) in [4.78, 5) is 23.3. The van der Waals surface area contributed by atoms with E-state index in [9.17, 15) is 9.90 Å². The predicted octanol–water partition coefficient (Wildman–Crippen LogP) is 3.92. The van der Waals surface area contributed by atoms with E-state index in [4.69, 9.17) is 23.9 Å². The van der Waals surface area contributed by atoms with Crippen LogP contribution in [0.1, 0.15) is 30.7 Å². The minimum absolute atomic E-state index is 0.297. The van der Waals surface area contributed by atoms with E-state index in [1.165, 1.54) is 0 Å².